The molecule has 5 N–H and O–H groups in total. The van der Waals surface area contributed by atoms with Crippen molar-refractivity contribution in [1.29, 1.82) is 5.41 Å². The third-order valence-corrected chi connectivity index (χ3v) is 3.11. The summed E-state index contributed by atoms with van der Waals surface area (Å²) in [6, 6.07) is 0. The molecule has 1 heterocycles. The molecule has 0 amide bonds. The first-order valence-electron chi connectivity index (χ1n) is 5.41. The van der Waals surface area contributed by atoms with Gasteiger partial charge in [-0.3, -0.25) is 19.8 Å². The Labute approximate surface area is 96.4 Å². The normalized spacial score (nSPS) is 15.5. The Kier molecular flexibility index (Phi) is 2.74. The second kappa shape index (κ2) is 4.08. The van der Waals surface area contributed by atoms with Crippen LogP contribution in [-0.4, -0.2) is 20.5 Å². The molecular weight excluding hydrogens is 224 g/mol. The molecule has 1 aliphatic rings. The summed E-state index contributed by atoms with van der Waals surface area (Å²) in [6.45, 7) is 0.349. The third-order valence-electron chi connectivity index (χ3n) is 3.11. The van der Waals surface area contributed by atoms with Gasteiger partial charge in [0.25, 0.3) is 5.56 Å². The molecule has 0 bridgehead atoms. The van der Waals surface area contributed by atoms with E-state index < -0.39 is 23.0 Å². The summed E-state index contributed by atoms with van der Waals surface area (Å²) < 4.78 is 1.07. The van der Waals surface area contributed by atoms with E-state index in [4.69, 9.17) is 11.1 Å². The maximum atomic E-state index is 11.5. The molecule has 1 aromatic rings. The van der Waals surface area contributed by atoms with E-state index in [2.05, 4.69) is 4.98 Å². The largest absolute Gasteiger partial charge is 0.494 e. The Morgan fingerprint density at radius 3 is 2.65 bits per heavy atom. The van der Waals surface area contributed by atoms with Crippen LogP contribution < -0.4 is 17.0 Å². The van der Waals surface area contributed by atoms with Gasteiger partial charge in [-0.2, -0.15) is 0 Å². The highest BCUT2D eigenvalue weighted by molar-refractivity contribution is 5.96. The van der Waals surface area contributed by atoms with E-state index in [1.54, 1.807) is 0 Å². The lowest BCUT2D eigenvalue weighted by Crippen LogP contribution is -2.37. The highest BCUT2D eigenvalue weighted by Crippen LogP contribution is 2.28. The van der Waals surface area contributed by atoms with Gasteiger partial charge in [-0.25, -0.2) is 4.79 Å². The van der Waals surface area contributed by atoms with Crippen LogP contribution in [0.4, 0.5) is 0 Å². The molecule has 1 aliphatic carbocycles. The van der Waals surface area contributed by atoms with Gasteiger partial charge in [-0.1, -0.05) is 6.42 Å². The summed E-state index contributed by atoms with van der Waals surface area (Å²) in [4.78, 5) is 25.0. The first kappa shape index (κ1) is 11.4. The van der Waals surface area contributed by atoms with Crippen molar-refractivity contribution < 1.29 is 5.11 Å². The molecular formula is C10H14N4O3. The van der Waals surface area contributed by atoms with Gasteiger partial charge in [-0.15, -0.1) is 0 Å². The lowest BCUT2D eigenvalue weighted by molar-refractivity contribution is 0.256. The van der Waals surface area contributed by atoms with Crippen molar-refractivity contribution in [2.75, 3.05) is 0 Å². The standard InChI is InChI=1S/C10H14N4O3/c11-7(12)6-8(15)13-10(17)14(9(6)16)4-5-2-1-3-5/h5,16H,1-4H2,(H3,11,12)(H,13,15,17). The molecule has 17 heavy (non-hydrogen) atoms. The Hall–Kier alpha value is -2.05. The van der Waals surface area contributed by atoms with Crippen molar-refractivity contribution in [1.82, 2.24) is 9.55 Å². The molecule has 0 spiro atoms. The number of aromatic hydroxyl groups is 1. The smallest absolute Gasteiger partial charge is 0.331 e. The van der Waals surface area contributed by atoms with Crippen LogP contribution in [0.1, 0.15) is 24.8 Å². The maximum Gasteiger partial charge on any atom is 0.331 e. The van der Waals surface area contributed by atoms with E-state index in [1.165, 1.54) is 0 Å². The zero-order valence-corrected chi connectivity index (χ0v) is 9.19. The molecule has 0 saturated heterocycles. The van der Waals surface area contributed by atoms with Gasteiger partial charge in [0.05, 0.1) is 0 Å². The van der Waals surface area contributed by atoms with Crippen LogP contribution in [0, 0.1) is 11.3 Å². The van der Waals surface area contributed by atoms with Crippen LogP contribution in [-0.2, 0) is 6.54 Å². The van der Waals surface area contributed by atoms with Crippen LogP contribution in [0.3, 0.4) is 0 Å². The molecule has 1 aromatic heterocycles. The van der Waals surface area contributed by atoms with Crippen molar-refractivity contribution >= 4 is 5.84 Å². The molecule has 0 unspecified atom stereocenters. The Morgan fingerprint density at radius 2 is 2.18 bits per heavy atom. The maximum absolute atomic E-state index is 11.5. The Morgan fingerprint density at radius 1 is 1.53 bits per heavy atom. The topological polar surface area (TPSA) is 125 Å². The SMILES string of the molecule is N=C(N)c1c(O)n(CC2CCC2)c(=O)[nH]c1=O. The number of nitrogens with two attached hydrogens (primary N) is 1. The van der Waals surface area contributed by atoms with Crippen molar-refractivity contribution in [3.8, 4) is 5.88 Å². The number of nitrogens with one attached hydrogen (secondary N) is 2. The fraction of sp³-hybridized carbons (Fsp3) is 0.500. The lowest BCUT2D eigenvalue weighted by atomic mass is 9.85. The summed E-state index contributed by atoms with van der Waals surface area (Å²) in [5.41, 5.74) is 3.36. The number of nitrogen functional groups attached to an aromatic ring is 1. The van der Waals surface area contributed by atoms with Crippen LogP contribution in [0.15, 0.2) is 9.59 Å². The minimum Gasteiger partial charge on any atom is -0.494 e. The molecule has 2 rings (SSSR count). The van der Waals surface area contributed by atoms with E-state index in [0.29, 0.717) is 12.5 Å². The van der Waals surface area contributed by atoms with Gasteiger partial charge >= 0.3 is 5.69 Å². The monoisotopic (exact) mass is 238 g/mol. The first-order valence-corrected chi connectivity index (χ1v) is 5.41. The molecule has 0 radical (unpaired) electrons. The molecule has 0 aliphatic heterocycles. The van der Waals surface area contributed by atoms with Crippen molar-refractivity contribution in [3.63, 3.8) is 0 Å². The van der Waals surface area contributed by atoms with E-state index in [-0.39, 0.29) is 5.56 Å². The average molecular weight is 238 g/mol. The van der Waals surface area contributed by atoms with E-state index in [1.807, 2.05) is 0 Å². The number of aromatic amines is 1. The van der Waals surface area contributed by atoms with Crippen LogP contribution in [0.25, 0.3) is 0 Å². The fourth-order valence-electron chi connectivity index (χ4n) is 1.91. The van der Waals surface area contributed by atoms with Crippen LogP contribution in [0.2, 0.25) is 0 Å². The van der Waals surface area contributed by atoms with E-state index >= 15 is 0 Å². The van der Waals surface area contributed by atoms with Gasteiger partial charge in [0.1, 0.15) is 11.4 Å². The van der Waals surface area contributed by atoms with Gasteiger partial charge in [0, 0.05) is 6.54 Å². The summed E-state index contributed by atoms with van der Waals surface area (Å²) in [7, 11) is 0. The molecule has 0 aromatic carbocycles. The van der Waals surface area contributed by atoms with Crippen molar-refractivity contribution in [2.24, 2.45) is 11.7 Å². The van der Waals surface area contributed by atoms with Gasteiger partial charge in [-0.05, 0) is 18.8 Å². The zero-order chi connectivity index (χ0) is 12.6. The predicted molar refractivity (Wildman–Crippen MR) is 61.3 cm³/mol. The third kappa shape index (κ3) is 1.95. The number of amidine groups is 1. The number of H-pyrrole nitrogens is 1. The predicted octanol–water partition coefficient (Wildman–Crippen LogP) is -0.674. The number of hydrogen-bond acceptors (Lipinski definition) is 4. The highest BCUT2D eigenvalue weighted by Gasteiger charge is 2.22. The molecule has 92 valence electrons. The average Bonchev–Trinajstić information content (AvgIpc) is 2.12. The second-order valence-corrected chi connectivity index (χ2v) is 4.28. The molecule has 7 nitrogen and oxygen atoms in total. The zero-order valence-electron chi connectivity index (χ0n) is 9.19. The highest BCUT2D eigenvalue weighted by atomic mass is 16.3. The van der Waals surface area contributed by atoms with Crippen LogP contribution >= 0.6 is 0 Å². The lowest BCUT2D eigenvalue weighted by Gasteiger charge is -2.26. The van der Waals surface area contributed by atoms with E-state index in [0.717, 1.165) is 23.8 Å². The Bertz CT molecular complexity index is 568. The van der Waals surface area contributed by atoms with E-state index in [9.17, 15) is 14.7 Å². The van der Waals surface area contributed by atoms with Crippen LogP contribution in [0.5, 0.6) is 5.88 Å². The van der Waals surface area contributed by atoms with Gasteiger partial charge in [0.2, 0.25) is 5.88 Å². The number of hydrogen-bond donors (Lipinski definition) is 4. The van der Waals surface area contributed by atoms with Crippen molar-refractivity contribution in [2.45, 2.75) is 25.8 Å². The van der Waals surface area contributed by atoms with Crippen molar-refractivity contribution in [3.05, 3.63) is 26.4 Å². The molecule has 7 heteroatoms. The minimum absolute atomic E-state index is 0.337. The second-order valence-electron chi connectivity index (χ2n) is 4.28. The Balaban J connectivity index is 2.50. The molecule has 0 atom stereocenters. The quantitative estimate of drug-likeness (QED) is 0.411. The number of aromatic nitrogens is 2. The molecule has 1 fully saturated rings. The summed E-state index contributed by atoms with van der Waals surface area (Å²) >= 11 is 0. The minimum atomic E-state index is -0.829. The summed E-state index contributed by atoms with van der Waals surface area (Å²) in [6.07, 6.45) is 3.12. The number of rotatable bonds is 3. The molecule has 1 saturated carbocycles. The van der Waals surface area contributed by atoms with Gasteiger partial charge in [0.15, 0.2) is 0 Å². The van der Waals surface area contributed by atoms with Gasteiger partial charge < -0.3 is 10.8 Å². The first-order chi connectivity index (χ1) is 8.00. The summed E-state index contributed by atoms with van der Waals surface area (Å²) in [5.74, 6) is -0.728. The fourth-order valence-corrected chi connectivity index (χ4v) is 1.91. The summed E-state index contributed by atoms with van der Waals surface area (Å²) in [5, 5.41) is 17.0. The number of nitrogens with zero attached hydrogens (tertiary/aromatic N) is 1.